The van der Waals surface area contributed by atoms with Crippen LogP contribution >= 0.6 is 11.6 Å². The third kappa shape index (κ3) is 5.17. The molecule has 0 aliphatic carbocycles. The Hall–Kier alpha value is -1.64. The number of hydrogen-bond acceptors (Lipinski definition) is 2. The monoisotopic (exact) mass is 355 g/mol. The van der Waals surface area contributed by atoms with Crippen molar-refractivity contribution in [2.45, 2.75) is 38.0 Å². The highest BCUT2D eigenvalue weighted by Crippen LogP contribution is 2.26. The fraction of sp³-hybridized carbons (Fsp3) is 0.409. The van der Waals surface area contributed by atoms with Crippen molar-refractivity contribution in [1.29, 1.82) is 0 Å². The average Bonchev–Trinajstić information content (AvgIpc) is 2.92. The number of nitrogens with zero attached hydrogens (tertiary/aromatic N) is 1. The summed E-state index contributed by atoms with van der Waals surface area (Å²) < 4.78 is 0. The number of likely N-dealkylation sites (tertiary alicyclic amines) is 1. The van der Waals surface area contributed by atoms with Crippen LogP contribution in [0.4, 0.5) is 0 Å². The average molecular weight is 356 g/mol. The fourth-order valence-electron chi connectivity index (χ4n) is 3.62. The quantitative estimate of drug-likeness (QED) is 0.631. The Balaban J connectivity index is 1.75. The Morgan fingerprint density at radius 1 is 0.920 bits per heavy atom. The van der Waals surface area contributed by atoms with Gasteiger partial charge in [0, 0.05) is 16.5 Å². The second-order valence-corrected chi connectivity index (χ2v) is 7.32. The number of benzene rings is 2. The molecule has 0 radical (unpaired) electrons. The second-order valence-electron chi connectivity index (χ2n) is 6.88. The highest BCUT2D eigenvalue weighted by Gasteiger charge is 2.23. The molecule has 3 rings (SSSR count). The maximum atomic E-state index is 13.1. The normalized spacial score (nSPS) is 17.0. The first-order valence-electron chi connectivity index (χ1n) is 9.31. The fourth-order valence-corrected chi connectivity index (χ4v) is 3.75. The van der Waals surface area contributed by atoms with Crippen molar-refractivity contribution in [3.8, 4) is 0 Å². The van der Waals surface area contributed by atoms with Crippen LogP contribution in [0.2, 0.25) is 5.02 Å². The first kappa shape index (κ1) is 18.2. The Kier molecular flexibility index (Phi) is 6.66. The standard InChI is InChI=1S/C22H26ClNO/c23-20-12-10-19(11-13-20)22(25)21(18-8-4-3-5-9-18)14-17-24-15-6-1-2-7-16-24/h3-5,8-13,21H,1-2,6-7,14-17H2/t21-/m1/s1. The van der Waals surface area contributed by atoms with Gasteiger partial charge in [-0.05, 0) is 68.7 Å². The molecule has 1 saturated heterocycles. The molecule has 132 valence electrons. The summed E-state index contributed by atoms with van der Waals surface area (Å²) in [5, 5.41) is 0.664. The van der Waals surface area contributed by atoms with E-state index in [9.17, 15) is 4.79 Å². The van der Waals surface area contributed by atoms with Gasteiger partial charge in [0.05, 0.1) is 0 Å². The Morgan fingerprint density at radius 3 is 2.20 bits per heavy atom. The Labute approximate surface area is 155 Å². The predicted octanol–water partition coefficient (Wildman–Crippen LogP) is 5.57. The number of hydrogen-bond donors (Lipinski definition) is 0. The van der Waals surface area contributed by atoms with Gasteiger partial charge in [0.15, 0.2) is 5.78 Å². The van der Waals surface area contributed by atoms with Crippen LogP contribution in [-0.4, -0.2) is 30.3 Å². The zero-order valence-electron chi connectivity index (χ0n) is 14.7. The smallest absolute Gasteiger partial charge is 0.170 e. The van der Waals surface area contributed by atoms with Crippen molar-refractivity contribution in [2.24, 2.45) is 0 Å². The molecule has 25 heavy (non-hydrogen) atoms. The molecule has 1 heterocycles. The van der Waals surface area contributed by atoms with Crippen LogP contribution < -0.4 is 0 Å². The minimum absolute atomic E-state index is 0.0920. The van der Waals surface area contributed by atoms with Crippen molar-refractivity contribution < 1.29 is 4.79 Å². The first-order valence-corrected chi connectivity index (χ1v) is 9.69. The summed E-state index contributed by atoms with van der Waals surface area (Å²) in [6.07, 6.45) is 6.10. The first-order chi connectivity index (χ1) is 12.2. The van der Waals surface area contributed by atoms with Crippen molar-refractivity contribution >= 4 is 17.4 Å². The number of halogens is 1. The van der Waals surface area contributed by atoms with E-state index in [4.69, 9.17) is 11.6 Å². The molecule has 3 heteroatoms. The molecule has 0 saturated carbocycles. The maximum Gasteiger partial charge on any atom is 0.170 e. The molecule has 1 aliphatic rings. The van der Waals surface area contributed by atoms with E-state index >= 15 is 0 Å². The lowest BCUT2D eigenvalue weighted by molar-refractivity contribution is 0.0948. The molecule has 2 aromatic carbocycles. The molecule has 0 bridgehead atoms. The minimum Gasteiger partial charge on any atom is -0.303 e. The number of Topliss-reactive ketones (excluding diaryl/α,β-unsaturated/α-hetero) is 1. The van der Waals surface area contributed by atoms with E-state index in [1.165, 1.54) is 25.7 Å². The predicted molar refractivity (Wildman–Crippen MR) is 104 cm³/mol. The van der Waals surface area contributed by atoms with Crippen LogP contribution in [0.5, 0.6) is 0 Å². The maximum absolute atomic E-state index is 13.1. The molecule has 2 nitrogen and oxygen atoms in total. The van der Waals surface area contributed by atoms with E-state index in [1.54, 1.807) is 12.1 Å². The van der Waals surface area contributed by atoms with Gasteiger partial charge < -0.3 is 4.90 Å². The molecular weight excluding hydrogens is 330 g/mol. The highest BCUT2D eigenvalue weighted by atomic mass is 35.5. The van der Waals surface area contributed by atoms with Crippen LogP contribution in [0.25, 0.3) is 0 Å². The third-order valence-electron chi connectivity index (χ3n) is 5.08. The van der Waals surface area contributed by atoms with E-state index in [-0.39, 0.29) is 11.7 Å². The lowest BCUT2D eigenvalue weighted by Crippen LogP contribution is -2.28. The van der Waals surface area contributed by atoms with Gasteiger partial charge in [0.1, 0.15) is 0 Å². The molecule has 1 aliphatic heterocycles. The topological polar surface area (TPSA) is 20.3 Å². The molecule has 0 N–H and O–H groups in total. The van der Waals surface area contributed by atoms with Gasteiger partial charge in [-0.3, -0.25) is 4.79 Å². The number of rotatable bonds is 6. The summed E-state index contributed by atoms with van der Waals surface area (Å²) in [5.74, 6) is 0.100. The molecule has 0 spiro atoms. The third-order valence-corrected chi connectivity index (χ3v) is 5.33. The lowest BCUT2D eigenvalue weighted by atomic mass is 9.88. The van der Waals surface area contributed by atoms with E-state index in [0.717, 1.165) is 37.2 Å². The van der Waals surface area contributed by atoms with Gasteiger partial charge in [-0.25, -0.2) is 0 Å². The van der Waals surface area contributed by atoms with Gasteiger partial charge in [-0.2, -0.15) is 0 Å². The summed E-state index contributed by atoms with van der Waals surface area (Å²) in [6, 6.07) is 17.5. The molecule has 1 fully saturated rings. The van der Waals surface area contributed by atoms with Crippen molar-refractivity contribution in [3.05, 3.63) is 70.7 Å². The van der Waals surface area contributed by atoms with E-state index in [2.05, 4.69) is 17.0 Å². The summed E-state index contributed by atoms with van der Waals surface area (Å²) in [5.41, 5.74) is 1.85. The zero-order valence-corrected chi connectivity index (χ0v) is 15.4. The van der Waals surface area contributed by atoms with Gasteiger partial charge in [-0.1, -0.05) is 54.8 Å². The number of ketones is 1. The second kappa shape index (κ2) is 9.17. The largest absolute Gasteiger partial charge is 0.303 e. The highest BCUT2D eigenvalue weighted by molar-refractivity contribution is 6.30. The Bertz CT molecular complexity index is 660. The van der Waals surface area contributed by atoms with Gasteiger partial charge in [0.25, 0.3) is 0 Å². The molecule has 0 unspecified atom stereocenters. The summed E-state index contributed by atoms with van der Waals surface area (Å²) in [7, 11) is 0. The van der Waals surface area contributed by atoms with E-state index in [1.807, 2.05) is 30.3 Å². The van der Waals surface area contributed by atoms with Crippen molar-refractivity contribution in [2.75, 3.05) is 19.6 Å². The van der Waals surface area contributed by atoms with Crippen LogP contribution in [0.15, 0.2) is 54.6 Å². The van der Waals surface area contributed by atoms with Crippen LogP contribution in [0, 0.1) is 0 Å². The zero-order chi connectivity index (χ0) is 17.5. The summed E-state index contributed by atoms with van der Waals surface area (Å²) >= 11 is 5.97. The van der Waals surface area contributed by atoms with E-state index in [0.29, 0.717) is 5.02 Å². The lowest BCUT2D eigenvalue weighted by Gasteiger charge is -2.23. The van der Waals surface area contributed by atoms with Crippen LogP contribution in [-0.2, 0) is 0 Å². The Morgan fingerprint density at radius 2 is 1.56 bits per heavy atom. The number of carbonyl (C=O) groups excluding carboxylic acids is 1. The van der Waals surface area contributed by atoms with Gasteiger partial charge in [-0.15, -0.1) is 0 Å². The SMILES string of the molecule is O=C(c1ccc(Cl)cc1)[C@H](CCN1CCCCCC1)c1ccccc1. The molecule has 0 amide bonds. The minimum atomic E-state index is -0.0920. The van der Waals surface area contributed by atoms with Gasteiger partial charge in [0.2, 0.25) is 0 Å². The summed E-state index contributed by atoms with van der Waals surface area (Å²) in [6.45, 7) is 3.31. The van der Waals surface area contributed by atoms with Crippen molar-refractivity contribution in [1.82, 2.24) is 4.90 Å². The molecule has 0 aromatic heterocycles. The molecule has 1 atom stereocenters. The molecular formula is C22H26ClNO. The van der Waals surface area contributed by atoms with Crippen LogP contribution in [0.3, 0.4) is 0 Å². The summed E-state index contributed by atoms with van der Waals surface area (Å²) in [4.78, 5) is 15.7. The van der Waals surface area contributed by atoms with Crippen molar-refractivity contribution in [3.63, 3.8) is 0 Å². The van der Waals surface area contributed by atoms with E-state index < -0.39 is 0 Å². The van der Waals surface area contributed by atoms with Crippen LogP contribution in [0.1, 0.15) is 53.9 Å². The molecule has 2 aromatic rings. The van der Waals surface area contributed by atoms with Gasteiger partial charge >= 0.3 is 0 Å². The number of carbonyl (C=O) groups is 1.